The van der Waals surface area contributed by atoms with E-state index in [9.17, 15) is 4.79 Å². The molecule has 0 unspecified atom stereocenters. The molecule has 6 nitrogen and oxygen atoms in total. The van der Waals surface area contributed by atoms with Crippen LogP contribution in [0.3, 0.4) is 0 Å². The van der Waals surface area contributed by atoms with E-state index in [0.29, 0.717) is 10.7 Å². The second-order valence-corrected chi connectivity index (χ2v) is 7.52. The number of hydrogen-bond acceptors (Lipinski definition) is 6. The highest BCUT2D eigenvalue weighted by Gasteiger charge is 2.21. The van der Waals surface area contributed by atoms with Crippen LogP contribution in [-0.2, 0) is 0 Å². The highest BCUT2D eigenvalue weighted by molar-refractivity contribution is 7.19. The van der Waals surface area contributed by atoms with Crippen LogP contribution in [0.4, 0.5) is 10.9 Å². The first-order chi connectivity index (χ1) is 13.2. The number of nitrogens with one attached hydrogen (secondary N) is 1. The maximum Gasteiger partial charge on any atom is 0.261 e. The Kier molecular flexibility index (Phi) is 5.11. The first-order valence-electron chi connectivity index (χ1n) is 9.12. The predicted octanol–water partition coefficient (Wildman–Crippen LogP) is 4.15. The minimum absolute atomic E-state index is 0.176. The molecule has 1 fully saturated rings. The molecule has 0 atom stereocenters. The fourth-order valence-electron chi connectivity index (χ4n) is 3.28. The van der Waals surface area contributed by atoms with Gasteiger partial charge in [0.1, 0.15) is 5.82 Å². The Morgan fingerprint density at radius 1 is 1.07 bits per heavy atom. The van der Waals surface area contributed by atoms with E-state index >= 15 is 0 Å². The lowest BCUT2D eigenvalue weighted by Crippen LogP contribution is -2.32. The fourth-order valence-corrected chi connectivity index (χ4v) is 4.22. The predicted molar refractivity (Wildman–Crippen MR) is 108 cm³/mol. The molecule has 1 saturated heterocycles. The van der Waals surface area contributed by atoms with E-state index in [-0.39, 0.29) is 5.91 Å². The van der Waals surface area contributed by atoms with Crippen molar-refractivity contribution in [3.63, 3.8) is 0 Å². The smallest absolute Gasteiger partial charge is 0.261 e. The molecule has 4 heterocycles. The number of amides is 1. The van der Waals surface area contributed by atoms with Crippen LogP contribution in [-0.4, -0.2) is 33.9 Å². The van der Waals surface area contributed by atoms with E-state index in [1.807, 2.05) is 31.2 Å². The molecule has 0 radical (unpaired) electrons. The third-order valence-electron chi connectivity index (χ3n) is 4.60. The molecule has 1 aliphatic rings. The molecule has 0 saturated carbocycles. The molecule has 4 rings (SSSR count). The second-order valence-electron chi connectivity index (χ2n) is 6.52. The van der Waals surface area contributed by atoms with Crippen molar-refractivity contribution in [2.24, 2.45) is 0 Å². The van der Waals surface area contributed by atoms with Gasteiger partial charge in [0.05, 0.1) is 21.8 Å². The largest absolute Gasteiger partial charge is 0.356 e. The maximum absolute atomic E-state index is 12.9. The van der Waals surface area contributed by atoms with Crippen LogP contribution in [0.1, 0.15) is 35.3 Å². The van der Waals surface area contributed by atoms with Gasteiger partial charge in [0.2, 0.25) is 0 Å². The third-order valence-corrected chi connectivity index (χ3v) is 5.70. The summed E-state index contributed by atoms with van der Waals surface area (Å²) in [5.74, 6) is 0.581. The molecular formula is C20H21N5OS. The zero-order valence-electron chi connectivity index (χ0n) is 15.2. The molecule has 1 amide bonds. The minimum atomic E-state index is -0.176. The van der Waals surface area contributed by atoms with Gasteiger partial charge in [-0.1, -0.05) is 17.4 Å². The summed E-state index contributed by atoms with van der Waals surface area (Å²) in [5, 5.41) is 3.52. The topological polar surface area (TPSA) is 71.0 Å². The van der Waals surface area contributed by atoms with Crippen molar-refractivity contribution in [1.29, 1.82) is 0 Å². The number of rotatable bonds is 4. The molecule has 27 heavy (non-hydrogen) atoms. The SMILES string of the molecule is Cc1nc(NC(=O)c2cccnc2N2CCCCC2)sc1-c1ccccn1. The van der Waals surface area contributed by atoms with Crippen LogP contribution in [0.5, 0.6) is 0 Å². The van der Waals surface area contributed by atoms with Crippen LogP contribution in [0.25, 0.3) is 10.6 Å². The lowest BCUT2D eigenvalue weighted by atomic mass is 10.1. The maximum atomic E-state index is 12.9. The third kappa shape index (κ3) is 3.83. The van der Waals surface area contributed by atoms with Gasteiger partial charge in [-0.15, -0.1) is 0 Å². The van der Waals surface area contributed by atoms with E-state index < -0.39 is 0 Å². The lowest BCUT2D eigenvalue weighted by Gasteiger charge is -2.28. The van der Waals surface area contributed by atoms with E-state index in [2.05, 4.69) is 25.2 Å². The molecular weight excluding hydrogens is 358 g/mol. The summed E-state index contributed by atoms with van der Waals surface area (Å²) < 4.78 is 0. The Morgan fingerprint density at radius 2 is 1.89 bits per heavy atom. The number of anilines is 2. The number of hydrogen-bond donors (Lipinski definition) is 1. The average Bonchev–Trinajstić information content (AvgIpc) is 3.09. The molecule has 0 aromatic carbocycles. The highest BCUT2D eigenvalue weighted by Crippen LogP contribution is 2.32. The number of aromatic nitrogens is 3. The normalized spacial score (nSPS) is 14.2. The van der Waals surface area contributed by atoms with Crippen molar-refractivity contribution in [3.05, 3.63) is 54.0 Å². The van der Waals surface area contributed by atoms with E-state index in [1.165, 1.54) is 17.8 Å². The molecule has 0 spiro atoms. The number of carbonyl (C=O) groups excluding carboxylic acids is 1. The first-order valence-corrected chi connectivity index (χ1v) is 9.94. The van der Waals surface area contributed by atoms with Crippen molar-refractivity contribution in [2.75, 3.05) is 23.3 Å². The van der Waals surface area contributed by atoms with Gasteiger partial charge in [-0.2, -0.15) is 0 Å². The zero-order chi connectivity index (χ0) is 18.6. The van der Waals surface area contributed by atoms with E-state index in [4.69, 9.17) is 0 Å². The fraction of sp³-hybridized carbons (Fsp3) is 0.300. The summed E-state index contributed by atoms with van der Waals surface area (Å²) in [6, 6.07) is 9.40. The first kappa shape index (κ1) is 17.6. The van der Waals surface area contributed by atoms with E-state index in [0.717, 1.165) is 48.0 Å². The quantitative estimate of drug-likeness (QED) is 0.737. The van der Waals surface area contributed by atoms with Crippen molar-refractivity contribution in [1.82, 2.24) is 15.0 Å². The summed E-state index contributed by atoms with van der Waals surface area (Å²) in [6.45, 7) is 3.81. The minimum Gasteiger partial charge on any atom is -0.356 e. The Labute approximate surface area is 162 Å². The van der Waals surface area contributed by atoms with Crippen LogP contribution in [0.2, 0.25) is 0 Å². The van der Waals surface area contributed by atoms with Crippen LogP contribution < -0.4 is 10.2 Å². The molecule has 0 bridgehead atoms. The molecule has 1 N–H and O–H groups in total. The van der Waals surface area contributed by atoms with Gasteiger partial charge in [0.25, 0.3) is 5.91 Å². The molecule has 138 valence electrons. The standard InChI is InChI=1S/C20H21N5OS/c1-14-17(16-9-3-4-10-21-16)27-20(23-14)24-19(26)15-8-7-11-22-18(15)25-12-5-2-6-13-25/h3-4,7-11H,2,5-6,12-13H2,1H3,(H,23,24,26). The zero-order valence-corrected chi connectivity index (χ0v) is 16.0. The van der Waals surface area contributed by atoms with E-state index in [1.54, 1.807) is 18.5 Å². The molecule has 3 aromatic rings. The van der Waals surface area contributed by atoms with Gasteiger partial charge in [-0.05, 0) is 50.5 Å². The number of thiazole rings is 1. The Bertz CT molecular complexity index is 935. The van der Waals surface area contributed by atoms with Crippen molar-refractivity contribution < 1.29 is 4.79 Å². The van der Waals surface area contributed by atoms with Crippen molar-refractivity contribution >= 4 is 28.2 Å². The number of nitrogens with zero attached hydrogens (tertiary/aromatic N) is 4. The Balaban J connectivity index is 1.57. The summed E-state index contributed by atoms with van der Waals surface area (Å²) in [6.07, 6.45) is 7.01. The number of pyridine rings is 2. The van der Waals surface area contributed by atoms with Gasteiger partial charge in [-0.3, -0.25) is 15.1 Å². The monoisotopic (exact) mass is 379 g/mol. The summed E-state index contributed by atoms with van der Waals surface area (Å²) in [4.78, 5) is 29.4. The summed E-state index contributed by atoms with van der Waals surface area (Å²) in [5.41, 5.74) is 2.31. The van der Waals surface area contributed by atoms with Gasteiger partial charge in [-0.25, -0.2) is 9.97 Å². The van der Waals surface area contributed by atoms with Crippen molar-refractivity contribution in [2.45, 2.75) is 26.2 Å². The number of aryl methyl sites for hydroxylation is 1. The van der Waals surface area contributed by atoms with Crippen molar-refractivity contribution in [3.8, 4) is 10.6 Å². The van der Waals surface area contributed by atoms with Gasteiger partial charge >= 0.3 is 0 Å². The molecule has 1 aliphatic heterocycles. The van der Waals surface area contributed by atoms with Crippen LogP contribution in [0, 0.1) is 6.92 Å². The van der Waals surface area contributed by atoms with Gasteiger partial charge in [0, 0.05) is 25.5 Å². The Morgan fingerprint density at radius 3 is 2.67 bits per heavy atom. The lowest BCUT2D eigenvalue weighted by molar-refractivity contribution is 0.102. The Hall–Kier alpha value is -2.80. The van der Waals surface area contributed by atoms with Crippen LogP contribution >= 0.6 is 11.3 Å². The molecule has 3 aromatic heterocycles. The molecule has 0 aliphatic carbocycles. The average molecular weight is 379 g/mol. The number of carbonyl (C=O) groups is 1. The number of piperidine rings is 1. The summed E-state index contributed by atoms with van der Waals surface area (Å²) in [7, 11) is 0. The second kappa shape index (κ2) is 7.84. The highest BCUT2D eigenvalue weighted by atomic mass is 32.1. The van der Waals surface area contributed by atoms with Crippen LogP contribution in [0.15, 0.2) is 42.7 Å². The van der Waals surface area contributed by atoms with Gasteiger partial charge < -0.3 is 4.90 Å². The molecule has 7 heteroatoms. The van der Waals surface area contributed by atoms with Gasteiger partial charge in [0.15, 0.2) is 5.13 Å². The summed E-state index contributed by atoms with van der Waals surface area (Å²) >= 11 is 1.44.